The lowest BCUT2D eigenvalue weighted by Gasteiger charge is -2.10. The number of hydrogen-bond donors (Lipinski definition) is 1. The molecule has 0 saturated carbocycles. The summed E-state index contributed by atoms with van der Waals surface area (Å²) in [4.78, 5) is 16.9. The normalized spacial score (nSPS) is 14.3. The molecule has 5 rings (SSSR count). The van der Waals surface area contributed by atoms with Crippen LogP contribution in [-0.4, -0.2) is 28.7 Å². The second-order valence-electron chi connectivity index (χ2n) is 6.41. The standard InChI is InChI=1S/C20H17N3O3/c24-20(22-15-3-1-13-5-7-25-19(13)10-15)14-2-4-18-16(9-14)17-11-21-12-23(17)6-8-26-18/h1-4,9-12H,5-8H2,(H,22,24). The van der Waals surface area contributed by atoms with Gasteiger partial charge in [-0.2, -0.15) is 0 Å². The van der Waals surface area contributed by atoms with Gasteiger partial charge < -0.3 is 19.4 Å². The van der Waals surface area contributed by atoms with Gasteiger partial charge in [-0.05, 0) is 29.8 Å². The van der Waals surface area contributed by atoms with Crippen molar-refractivity contribution in [2.45, 2.75) is 13.0 Å². The minimum Gasteiger partial charge on any atom is -0.493 e. The zero-order valence-corrected chi connectivity index (χ0v) is 14.1. The van der Waals surface area contributed by atoms with Crippen molar-refractivity contribution in [3.63, 3.8) is 0 Å². The maximum absolute atomic E-state index is 12.7. The summed E-state index contributed by atoms with van der Waals surface area (Å²) < 4.78 is 13.4. The number of aromatic nitrogens is 2. The minimum atomic E-state index is -0.166. The van der Waals surface area contributed by atoms with Gasteiger partial charge in [0.2, 0.25) is 0 Å². The molecule has 2 aliphatic heterocycles. The molecule has 0 unspecified atom stereocenters. The van der Waals surface area contributed by atoms with E-state index in [4.69, 9.17) is 9.47 Å². The first kappa shape index (κ1) is 15.0. The van der Waals surface area contributed by atoms with Crippen LogP contribution in [0.3, 0.4) is 0 Å². The summed E-state index contributed by atoms with van der Waals surface area (Å²) in [7, 11) is 0. The lowest BCUT2D eigenvalue weighted by molar-refractivity contribution is 0.102. The fourth-order valence-electron chi connectivity index (χ4n) is 3.42. The first-order chi connectivity index (χ1) is 12.8. The van der Waals surface area contributed by atoms with Crippen molar-refractivity contribution < 1.29 is 14.3 Å². The quantitative estimate of drug-likeness (QED) is 0.773. The van der Waals surface area contributed by atoms with Crippen LogP contribution in [-0.2, 0) is 13.0 Å². The number of nitrogens with zero attached hydrogens (tertiary/aromatic N) is 2. The number of carbonyl (C=O) groups is 1. The molecule has 0 fully saturated rings. The van der Waals surface area contributed by atoms with Crippen LogP contribution in [0.1, 0.15) is 15.9 Å². The third kappa shape index (κ3) is 2.50. The number of imidazole rings is 1. The summed E-state index contributed by atoms with van der Waals surface area (Å²) in [5, 5.41) is 2.95. The number of anilines is 1. The zero-order valence-electron chi connectivity index (χ0n) is 14.1. The number of benzene rings is 2. The van der Waals surface area contributed by atoms with Crippen LogP contribution in [0.4, 0.5) is 5.69 Å². The van der Waals surface area contributed by atoms with E-state index >= 15 is 0 Å². The largest absolute Gasteiger partial charge is 0.493 e. The van der Waals surface area contributed by atoms with E-state index in [1.165, 1.54) is 5.56 Å². The Morgan fingerprint density at radius 3 is 2.96 bits per heavy atom. The van der Waals surface area contributed by atoms with Crippen LogP contribution in [0.15, 0.2) is 48.9 Å². The molecule has 1 aromatic heterocycles. The molecule has 6 nitrogen and oxygen atoms in total. The Morgan fingerprint density at radius 1 is 1.08 bits per heavy atom. The van der Waals surface area contributed by atoms with Gasteiger partial charge in [0, 0.05) is 29.3 Å². The molecule has 0 aliphatic carbocycles. The molecule has 130 valence electrons. The first-order valence-electron chi connectivity index (χ1n) is 8.62. The number of hydrogen-bond acceptors (Lipinski definition) is 4. The summed E-state index contributed by atoms with van der Waals surface area (Å²) >= 11 is 0. The van der Waals surface area contributed by atoms with Crippen molar-refractivity contribution in [1.82, 2.24) is 9.55 Å². The third-order valence-corrected chi connectivity index (χ3v) is 4.77. The highest BCUT2D eigenvalue weighted by molar-refractivity contribution is 6.05. The Morgan fingerprint density at radius 2 is 2.00 bits per heavy atom. The Hall–Kier alpha value is -3.28. The number of carbonyl (C=O) groups excluding carboxylic acids is 1. The third-order valence-electron chi connectivity index (χ3n) is 4.77. The van der Waals surface area contributed by atoms with Crippen LogP contribution < -0.4 is 14.8 Å². The maximum atomic E-state index is 12.7. The molecule has 0 atom stereocenters. The summed E-state index contributed by atoms with van der Waals surface area (Å²) in [5.74, 6) is 1.45. The fraction of sp³-hybridized carbons (Fsp3) is 0.200. The van der Waals surface area contributed by atoms with Crippen LogP contribution in [0.2, 0.25) is 0 Å². The molecular formula is C20H17N3O3. The molecule has 2 aromatic carbocycles. The maximum Gasteiger partial charge on any atom is 0.255 e. The molecule has 1 N–H and O–H groups in total. The molecule has 1 amide bonds. The molecule has 6 heteroatoms. The van der Waals surface area contributed by atoms with Crippen LogP contribution in [0.25, 0.3) is 11.3 Å². The summed E-state index contributed by atoms with van der Waals surface area (Å²) in [5.41, 5.74) is 4.32. The van der Waals surface area contributed by atoms with E-state index in [0.717, 1.165) is 41.4 Å². The predicted octanol–water partition coefficient (Wildman–Crippen LogP) is 3.13. The predicted molar refractivity (Wildman–Crippen MR) is 96.8 cm³/mol. The van der Waals surface area contributed by atoms with Crippen LogP contribution in [0.5, 0.6) is 11.5 Å². The van der Waals surface area contributed by atoms with Crippen LogP contribution in [0, 0.1) is 0 Å². The highest BCUT2D eigenvalue weighted by atomic mass is 16.5. The molecule has 0 spiro atoms. The van der Waals surface area contributed by atoms with E-state index in [2.05, 4.69) is 10.3 Å². The van der Waals surface area contributed by atoms with Gasteiger partial charge in [0.1, 0.15) is 18.1 Å². The Balaban J connectivity index is 1.45. The molecule has 0 bridgehead atoms. The van der Waals surface area contributed by atoms with Gasteiger partial charge in [-0.25, -0.2) is 4.98 Å². The smallest absolute Gasteiger partial charge is 0.255 e. The molecular weight excluding hydrogens is 330 g/mol. The topological polar surface area (TPSA) is 65.4 Å². The fourth-order valence-corrected chi connectivity index (χ4v) is 3.42. The Kier molecular flexibility index (Phi) is 3.41. The van der Waals surface area contributed by atoms with Crippen molar-refractivity contribution in [2.24, 2.45) is 0 Å². The van der Waals surface area contributed by atoms with E-state index in [-0.39, 0.29) is 5.91 Å². The van der Waals surface area contributed by atoms with Gasteiger partial charge in [-0.3, -0.25) is 4.79 Å². The van der Waals surface area contributed by atoms with Gasteiger partial charge in [-0.1, -0.05) is 6.07 Å². The van der Waals surface area contributed by atoms with E-state index in [0.29, 0.717) is 18.8 Å². The zero-order chi connectivity index (χ0) is 17.5. The molecule has 3 heterocycles. The van der Waals surface area contributed by atoms with Crippen molar-refractivity contribution in [1.29, 1.82) is 0 Å². The van der Waals surface area contributed by atoms with Gasteiger partial charge in [0.25, 0.3) is 5.91 Å². The van der Waals surface area contributed by atoms with E-state index in [9.17, 15) is 4.79 Å². The van der Waals surface area contributed by atoms with Crippen molar-refractivity contribution in [3.8, 4) is 22.8 Å². The van der Waals surface area contributed by atoms with Crippen molar-refractivity contribution in [2.75, 3.05) is 18.5 Å². The SMILES string of the molecule is O=C(Nc1ccc2c(c1)OCC2)c1ccc2c(c1)-c1cncn1CCO2. The Bertz CT molecular complexity index is 1010. The number of fused-ring (bicyclic) bond motifs is 4. The lowest BCUT2D eigenvalue weighted by atomic mass is 10.1. The second-order valence-corrected chi connectivity index (χ2v) is 6.41. The number of rotatable bonds is 2. The summed E-state index contributed by atoms with van der Waals surface area (Å²) in [6, 6.07) is 11.3. The van der Waals surface area contributed by atoms with E-state index < -0.39 is 0 Å². The highest BCUT2D eigenvalue weighted by Crippen LogP contribution is 2.33. The lowest BCUT2D eigenvalue weighted by Crippen LogP contribution is -2.12. The molecule has 0 saturated heterocycles. The van der Waals surface area contributed by atoms with Crippen molar-refractivity contribution in [3.05, 3.63) is 60.0 Å². The molecule has 26 heavy (non-hydrogen) atoms. The number of nitrogens with one attached hydrogen (secondary N) is 1. The minimum absolute atomic E-state index is 0.166. The first-order valence-corrected chi connectivity index (χ1v) is 8.62. The number of amides is 1. The molecule has 2 aliphatic rings. The number of ether oxygens (including phenoxy) is 2. The monoisotopic (exact) mass is 347 g/mol. The van der Waals surface area contributed by atoms with E-state index in [1.807, 2.05) is 34.9 Å². The van der Waals surface area contributed by atoms with Gasteiger partial charge >= 0.3 is 0 Å². The highest BCUT2D eigenvalue weighted by Gasteiger charge is 2.19. The van der Waals surface area contributed by atoms with Gasteiger partial charge in [0.15, 0.2) is 0 Å². The van der Waals surface area contributed by atoms with E-state index in [1.54, 1.807) is 18.6 Å². The van der Waals surface area contributed by atoms with Gasteiger partial charge in [-0.15, -0.1) is 0 Å². The van der Waals surface area contributed by atoms with Crippen molar-refractivity contribution >= 4 is 11.6 Å². The van der Waals surface area contributed by atoms with Crippen LogP contribution >= 0.6 is 0 Å². The average Bonchev–Trinajstić information content (AvgIpc) is 3.27. The molecule has 0 radical (unpaired) electrons. The van der Waals surface area contributed by atoms with Gasteiger partial charge in [0.05, 0.1) is 31.4 Å². The molecule has 3 aromatic rings. The average molecular weight is 347 g/mol. The second kappa shape index (κ2) is 5.91. The summed E-state index contributed by atoms with van der Waals surface area (Å²) in [6.45, 7) is 2.02. The Labute approximate surface area is 150 Å². The summed E-state index contributed by atoms with van der Waals surface area (Å²) in [6.07, 6.45) is 4.50.